The Kier molecular flexibility index (Phi) is 3.35. The molecule has 0 amide bonds. The zero-order valence-electron chi connectivity index (χ0n) is 7.51. The summed E-state index contributed by atoms with van der Waals surface area (Å²) in [5.74, 6) is 0. The van der Waals surface area contributed by atoms with Crippen molar-refractivity contribution in [3.05, 3.63) is 33.3 Å². The molecule has 2 aromatic heterocycles. The molecule has 0 bridgehead atoms. The normalized spacial score (nSPS) is 10.1. The van der Waals surface area contributed by atoms with Crippen LogP contribution in [0.15, 0.2) is 32.0 Å². The largest absolute Gasteiger partial charge is 0.298 e. The molecular weight excluding hydrogens is 248 g/mol. The average molecular weight is 254 g/mol. The number of thiophene rings is 2. The Morgan fingerprint density at radius 1 is 1.27 bits per heavy atom. The molecule has 0 unspecified atom stereocenters. The van der Waals surface area contributed by atoms with E-state index in [0.717, 1.165) is 21.7 Å². The molecule has 0 aliphatic heterocycles. The van der Waals surface area contributed by atoms with Crippen LogP contribution in [0.5, 0.6) is 0 Å². The molecule has 15 heavy (non-hydrogen) atoms. The number of hydrogen-bond donors (Lipinski definition) is 0. The van der Waals surface area contributed by atoms with Gasteiger partial charge in [-0.1, -0.05) is 11.8 Å². The molecule has 0 aliphatic rings. The summed E-state index contributed by atoms with van der Waals surface area (Å²) >= 11 is 4.48. The first kappa shape index (κ1) is 10.6. The van der Waals surface area contributed by atoms with E-state index in [4.69, 9.17) is 0 Å². The van der Waals surface area contributed by atoms with E-state index in [1.165, 1.54) is 23.1 Å². The highest BCUT2D eigenvalue weighted by atomic mass is 32.2. The van der Waals surface area contributed by atoms with Gasteiger partial charge in [-0.15, -0.1) is 11.3 Å². The summed E-state index contributed by atoms with van der Waals surface area (Å²) in [5, 5.41) is 4.00. The topological polar surface area (TPSA) is 34.1 Å². The van der Waals surface area contributed by atoms with E-state index in [1.807, 2.05) is 16.8 Å². The Balaban J connectivity index is 2.30. The van der Waals surface area contributed by atoms with Gasteiger partial charge in [-0.25, -0.2) is 0 Å². The molecule has 0 fully saturated rings. The predicted octanol–water partition coefficient (Wildman–Crippen LogP) is 3.59. The van der Waals surface area contributed by atoms with Gasteiger partial charge in [0.1, 0.15) is 0 Å². The number of rotatable bonds is 4. The molecule has 0 radical (unpaired) electrons. The fraction of sp³-hybridized carbons (Fsp3) is 0. The predicted molar refractivity (Wildman–Crippen MR) is 63.5 cm³/mol. The summed E-state index contributed by atoms with van der Waals surface area (Å²) in [6, 6.07) is 3.61. The zero-order valence-corrected chi connectivity index (χ0v) is 9.95. The maximum atomic E-state index is 10.8. The molecule has 5 heteroatoms. The minimum Gasteiger partial charge on any atom is -0.298 e. The summed E-state index contributed by atoms with van der Waals surface area (Å²) in [6.45, 7) is 0. The maximum absolute atomic E-state index is 10.8. The molecule has 2 heterocycles. The van der Waals surface area contributed by atoms with Crippen molar-refractivity contribution in [3.8, 4) is 0 Å². The third-order valence-corrected chi connectivity index (χ3v) is 4.81. The van der Waals surface area contributed by atoms with Crippen molar-refractivity contribution in [2.45, 2.75) is 9.10 Å². The second-order valence-corrected chi connectivity index (χ2v) is 5.89. The minimum atomic E-state index is 0.592. The lowest BCUT2D eigenvalue weighted by atomic mass is 10.3. The Bertz CT molecular complexity index is 471. The lowest BCUT2D eigenvalue weighted by Crippen LogP contribution is -1.75. The number of hydrogen-bond acceptors (Lipinski definition) is 5. The van der Waals surface area contributed by atoms with Gasteiger partial charge in [0, 0.05) is 15.8 Å². The Morgan fingerprint density at radius 3 is 2.73 bits per heavy atom. The van der Waals surface area contributed by atoms with Crippen LogP contribution in [0.25, 0.3) is 0 Å². The lowest BCUT2D eigenvalue weighted by molar-refractivity contribution is 0.112. The average Bonchev–Trinajstić information content (AvgIpc) is 2.87. The van der Waals surface area contributed by atoms with Crippen LogP contribution in [0.1, 0.15) is 20.0 Å². The summed E-state index contributed by atoms with van der Waals surface area (Å²) < 4.78 is 0.880. The monoisotopic (exact) mass is 254 g/mol. The first-order chi connectivity index (χ1) is 7.33. The van der Waals surface area contributed by atoms with Crippen molar-refractivity contribution >= 4 is 47.0 Å². The third-order valence-electron chi connectivity index (χ3n) is 1.69. The van der Waals surface area contributed by atoms with Gasteiger partial charge < -0.3 is 0 Å². The molecule has 0 aromatic carbocycles. The molecular formula is C10H6O2S3. The Hall–Kier alpha value is -0.910. The van der Waals surface area contributed by atoms with Crippen LogP contribution in [0.4, 0.5) is 0 Å². The molecule has 2 aromatic rings. The van der Waals surface area contributed by atoms with Crippen LogP contribution in [0, 0.1) is 0 Å². The van der Waals surface area contributed by atoms with E-state index < -0.39 is 0 Å². The molecule has 0 N–H and O–H groups in total. The molecule has 0 saturated carbocycles. The highest BCUT2D eigenvalue weighted by molar-refractivity contribution is 8.01. The Morgan fingerprint density at radius 2 is 2.13 bits per heavy atom. The van der Waals surface area contributed by atoms with Crippen LogP contribution < -0.4 is 0 Å². The third kappa shape index (κ3) is 2.37. The minimum absolute atomic E-state index is 0.592. The van der Waals surface area contributed by atoms with Crippen molar-refractivity contribution in [1.29, 1.82) is 0 Å². The summed E-state index contributed by atoms with van der Waals surface area (Å²) in [5.41, 5.74) is 0.596. The van der Waals surface area contributed by atoms with Gasteiger partial charge in [0.05, 0.1) is 9.09 Å². The van der Waals surface area contributed by atoms with Gasteiger partial charge in [-0.3, -0.25) is 9.59 Å². The quantitative estimate of drug-likeness (QED) is 0.782. The van der Waals surface area contributed by atoms with Crippen LogP contribution in [-0.4, -0.2) is 12.6 Å². The van der Waals surface area contributed by atoms with E-state index >= 15 is 0 Å². The van der Waals surface area contributed by atoms with Gasteiger partial charge in [-0.05, 0) is 17.5 Å². The highest BCUT2D eigenvalue weighted by Crippen LogP contribution is 2.36. The number of aldehydes is 2. The zero-order chi connectivity index (χ0) is 10.7. The molecule has 0 saturated heterocycles. The Labute approximate surface area is 98.9 Å². The van der Waals surface area contributed by atoms with E-state index in [0.29, 0.717) is 10.4 Å². The molecule has 0 aliphatic carbocycles. The molecule has 2 rings (SSSR count). The van der Waals surface area contributed by atoms with Crippen LogP contribution in [-0.2, 0) is 0 Å². The fourth-order valence-corrected chi connectivity index (χ4v) is 4.00. The first-order valence-corrected chi connectivity index (χ1v) is 6.65. The van der Waals surface area contributed by atoms with Crippen LogP contribution in [0.3, 0.4) is 0 Å². The van der Waals surface area contributed by atoms with E-state index in [9.17, 15) is 9.59 Å². The SMILES string of the molecule is O=Cc1cc(C=O)c(Sc2ccsc2)s1. The van der Waals surface area contributed by atoms with Gasteiger partial charge in [0.2, 0.25) is 0 Å². The van der Waals surface area contributed by atoms with Crippen molar-refractivity contribution < 1.29 is 9.59 Å². The van der Waals surface area contributed by atoms with Crippen molar-refractivity contribution in [1.82, 2.24) is 0 Å². The summed E-state index contributed by atoms with van der Waals surface area (Å²) in [7, 11) is 0. The summed E-state index contributed by atoms with van der Waals surface area (Å²) in [6.07, 6.45) is 1.56. The second kappa shape index (κ2) is 4.74. The van der Waals surface area contributed by atoms with Gasteiger partial charge in [-0.2, -0.15) is 11.3 Å². The highest BCUT2D eigenvalue weighted by Gasteiger charge is 2.09. The van der Waals surface area contributed by atoms with E-state index in [2.05, 4.69) is 0 Å². The van der Waals surface area contributed by atoms with Crippen LogP contribution >= 0.6 is 34.4 Å². The van der Waals surface area contributed by atoms with Gasteiger partial charge >= 0.3 is 0 Å². The van der Waals surface area contributed by atoms with E-state index in [1.54, 1.807) is 17.4 Å². The van der Waals surface area contributed by atoms with Crippen molar-refractivity contribution in [2.75, 3.05) is 0 Å². The standard InChI is InChI=1S/C10H6O2S3/c11-4-7-3-9(5-12)15-10(7)14-8-1-2-13-6-8/h1-6H. The first-order valence-electron chi connectivity index (χ1n) is 4.07. The number of carbonyl (C=O) groups is 2. The van der Waals surface area contributed by atoms with Gasteiger partial charge in [0.25, 0.3) is 0 Å². The van der Waals surface area contributed by atoms with Crippen molar-refractivity contribution in [2.24, 2.45) is 0 Å². The molecule has 0 atom stereocenters. The molecule has 2 nitrogen and oxygen atoms in total. The summed E-state index contributed by atoms with van der Waals surface area (Å²) in [4.78, 5) is 23.0. The maximum Gasteiger partial charge on any atom is 0.160 e. The van der Waals surface area contributed by atoms with Crippen molar-refractivity contribution in [3.63, 3.8) is 0 Å². The molecule has 0 spiro atoms. The van der Waals surface area contributed by atoms with Crippen LogP contribution in [0.2, 0.25) is 0 Å². The lowest BCUT2D eigenvalue weighted by Gasteiger charge is -1.94. The fourth-order valence-electron chi connectivity index (χ4n) is 1.04. The second-order valence-electron chi connectivity index (χ2n) is 2.69. The smallest absolute Gasteiger partial charge is 0.160 e. The van der Waals surface area contributed by atoms with Gasteiger partial charge in [0.15, 0.2) is 12.6 Å². The van der Waals surface area contributed by atoms with E-state index in [-0.39, 0.29) is 0 Å². The molecule has 76 valence electrons. The number of carbonyl (C=O) groups excluding carboxylic acids is 2.